The minimum Gasteiger partial charge on any atom is -0.486 e. The number of carbonyl (C=O) groups is 1. The first-order valence-electron chi connectivity index (χ1n) is 11.4. The van der Waals surface area contributed by atoms with Crippen molar-refractivity contribution < 1.29 is 19.4 Å². The Balaban J connectivity index is 1.22. The van der Waals surface area contributed by atoms with Gasteiger partial charge in [0.05, 0.1) is 6.04 Å². The van der Waals surface area contributed by atoms with Crippen molar-refractivity contribution in [2.75, 3.05) is 26.2 Å². The number of primary amides is 1. The van der Waals surface area contributed by atoms with Crippen LogP contribution in [0, 0.1) is 5.92 Å². The third-order valence-corrected chi connectivity index (χ3v) is 6.89. The summed E-state index contributed by atoms with van der Waals surface area (Å²) < 4.78 is 11.6. The van der Waals surface area contributed by atoms with Gasteiger partial charge < -0.3 is 25.6 Å². The van der Waals surface area contributed by atoms with Gasteiger partial charge in [0.25, 0.3) is 0 Å². The Morgan fingerprint density at radius 2 is 1.83 bits per heavy atom. The molecule has 4 rings (SSSR count). The molecule has 3 atom stereocenters. The molecule has 30 heavy (non-hydrogen) atoms. The Morgan fingerprint density at radius 1 is 1.13 bits per heavy atom. The number of aliphatic hydroxyl groups excluding tert-OH is 1. The van der Waals surface area contributed by atoms with Gasteiger partial charge in [0.2, 0.25) is 5.91 Å². The molecule has 1 saturated carbocycles. The maximum Gasteiger partial charge on any atom is 0.235 e. The molecule has 3 unspecified atom stereocenters. The summed E-state index contributed by atoms with van der Waals surface area (Å²) in [6, 6.07) is 7.74. The van der Waals surface area contributed by atoms with Crippen molar-refractivity contribution in [2.24, 2.45) is 11.7 Å². The van der Waals surface area contributed by atoms with Crippen LogP contribution >= 0.6 is 0 Å². The molecule has 2 aliphatic heterocycles. The third-order valence-electron chi connectivity index (χ3n) is 6.89. The SMILES string of the molecule is NC(=O)C(C1CCCCC1)N1CCC(NCC(O)C2COc3ccccc3O2)CC1. The standard InChI is InChI=1S/C23H35N3O4/c24-23(28)22(16-6-2-1-3-7-16)26-12-10-17(11-13-26)25-14-18(27)21-15-29-19-8-4-5-9-20(19)30-21/h4-5,8-9,16-18,21-22,25,27H,1-3,6-7,10-15H2,(H2,24,28). The molecule has 1 aromatic rings. The van der Waals surface area contributed by atoms with Crippen molar-refractivity contribution >= 4 is 5.91 Å². The molecule has 0 aromatic heterocycles. The van der Waals surface area contributed by atoms with Crippen molar-refractivity contribution in [3.63, 3.8) is 0 Å². The molecule has 1 amide bonds. The monoisotopic (exact) mass is 417 g/mol. The van der Waals surface area contributed by atoms with Crippen LogP contribution in [-0.2, 0) is 4.79 Å². The molecule has 0 radical (unpaired) electrons. The fourth-order valence-electron chi connectivity index (χ4n) is 5.19. The van der Waals surface area contributed by atoms with Crippen LogP contribution in [0.2, 0.25) is 0 Å². The van der Waals surface area contributed by atoms with Crippen molar-refractivity contribution in [3.8, 4) is 11.5 Å². The number of hydrogen-bond acceptors (Lipinski definition) is 6. The molecule has 7 heteroatoms. The highest BCUT2D eigenvalue weighted by molar-refractivity contribution is 5.80. The number of ether oxygens (including phenoxy) is 2. The Morgan fingerprint density at radius 3 is 2.53 bits per heavy atom. The number of benzene rings is 1. The van der Waals surface area contributed by atoms with Gasteiger partial charge in [-0.3, -0.25) is 9.69 Å². The van der Waals surface area contributed by atoms with E-state index in [-0.39, 0.29) is 18.1 Å². The predicted molar refractivity (Wildman–Crippen MR) is 115 cm³/mol. The van der Waals surface area contributed by atoms with Crippen LogP contribution in [0.1, 0.15) is 44.9 Å². The number of nitrogens with two attached hydrogens (primary N) is 1. The average Bonchev–Trinajstić information content (AvgIpc) is 2.78. The van der Waals surface area contributed by atoms with Gasteiger partial charge in [0, 0.05) is 25.7 Å². The van der Waals surface area contributed by atoms with Crippen molar-refractivity contribution in [2.45, 2.75) is 69.2 Å². The smallest absolute Gasteiger partial charge is 0.235 e. The van der Waals surface area contributed by atoms with E-state index in [9.17, 15) is 9.90 Å². The molecular weight excluding hydrogens is 382 g/mol. The second-order valence-electron chi connectivity index (χ2n) is 8.95. The number of fused-ring (bicyclic) bond motifs is 1. The zero-order valence-electron chi connectivity index (χ0n) is 17.7. The molecule has 2 fully saturated rings. The van der Waals surface area contributed by atoms with E-state index < -0.39 is 6.10 Å². The Kier molecular flexibility index (Phi) is 7.12. The van der Waals surface area contributed by atoms with Gasteiger partial charge in [-0.2, -0.15) is 0 Å². The van der Waals surface area contributed by atoms with E-state index in [1.54, 1.807) is 0 Å². The van der Waals surface area contributed by atoms with Crippen LogP contribution in [0.3, 0.4) is 0 Å². The number of hydrogen-bond donors (Lipinski definition) is 3. The number of likely N-dealkylation sites (tertiary alicyclic amines) is 1. The van der Waals surface area contributed by atoms with Crippen LogP contribution in [0.4, 0.5) is 0 Å². The van der Waals surface area contributed by atoms with E-state index in [1.807, 2.05) is 24.3 Å². The predicted octanol–water partition coefficient (Wildman–Crippen LogP) is 1.68. The number of piperidine rings is 1. The summed E-state index contributed by atoms with van der Waals surface area (Å²) in [5.74, 6) is 1.65. The van der Waals surface area contributed by atoms with Crippen molar-refractivity contribution in [1.82, 2.24) is 10.2 Å². The summed E-state index contributed by atoms with van der Waals surface area (Å²) in [4.78, 5) is 14.5. The van der Waals surface area contributed by atoms with Crippen LogP contribution < -0.4 is 20.5 Å². The minimum absolute atomic E-state index is 0.121. The van der Waals surface area contributed by atoms with Crippen LogP contribution in [0.15, 0.2) is 24.3 Å². The molecule has 166 valence electrons. The molecular formula is C23H35N3O4. The number of nitrogens with zero attached hydrogens (tertiary/aromatic N) is 1. The molecule has 1 aromatic carbocycles. The summed E-state index contributed by atoms with van der Waals surface area (Å²) in [6.07, 6.45) is 6.81. The molecule has 2 heterocycles. The van der Waals surface area contributed by atoms with Crippen LogP contribution in [-0.4, -0.2) is 66.4 Å². The molecule has 0 bridgehead atoms. The Labute approximate surface area is 178 Å². The summed E-state index contributed by atoms with van der Waals surface area (Å²) in [7, 11) is 0. The maximum atomic E-state index is 12.2. The largest absolute Gasteiger partial charge is 0.486 e. The lowest BCUT2D eigenvalue weighted by Crippen LogP contribution is -2.55. The van der Waals surface area contributed by atoms with Gasteiger partial charge >= 0.3 is 0 Å². The maximum absolute atomic E-state index is 12.2. The van der Waals surface area contributed by atoms with E-state index in [1.165, 1.54) is 19.3 Å². The zero-order valence-corrected chi connectivity index (χ0v) is 17.7. The first-order valence-corrected chi connectivity index (χ1v) is 11.4. The summed E-state index contributed by atoms with van der Waals surface area (Å²) >= 11 is 0. The molecule has 3 aliphatic rings. The summed E-state index contributed by atoms with van der Waals surface area (Å²) in [6.45, 7) is 2.55. The van der Waals surface area contributed by atoms with Gasteiger partial charge in [-0.25, -0.2) is 0 Å². The number of rotatable bonds is 7. The van der Waals surface area contributed by atoms with Gasteiger partial charge in [0.15, 0.2) is 17.6 Å². The molecule has 4 N–H and O–H groups in total. The van der Waals surface area contributed by atoms with E-state index >= 15 is 0 Å². The lowest BCUT2D eigenvalue weighted by molar-refractivity contribution is -0.126. The quantitative estimate of drug-likeness (QED) is 0.625. The number of amides is 1. The van der Waals surface area contributed by atoms with E-state index in [4.69, 9.17) is 15.2 Å². The third kappa shape index (κ3) is 5.07. The number of carbonyl (C=O) groups excluding carboxylic acids is 1. The van der Waals surface area contributed by atoms with E-state index in [0.29, 0.717) is 30.9 Å². The van der Waals surface area contributed by atoms with Gasteiger partial charge in [-0.05, 0) is 43.7 Å². The first-order chi connectivity index (χ1) is 14.6. The normalized spacial score (nSPS) is 25.6. The lowest BCUT2D eigenvalue weighted by Gasteiger charge is -2.41. The van der Waals surface area contributed by atoms with Gasteiger partial charge in [-0.1, -0.05) is 31.4 Å². The van der Waals surface area contributed by atoms with Crippen LogP contribution in [0.25, 0.3) is 0 Å². The van der Waals surface area contributed by atoms with E-state index in [2.05, 4.69) is 10.2 Å². The highest BCUT2D eigenvalue weighted by Crippen LogP contribution is 2.32. The molecule has 0 spiro atoms. The van der Waals surface area contributed by atoms with Crippen LogP contribution in [0.5, 0.6) is 11.5 Å². The molecule has 1 aliphatic carbocycles. The Bertz CT molecular complexity index is 701. The topological polar surface area (TPSA) is 97.1 Å². The van der Waals surface area contributed by atoms with Gasteiger partial charge in [0.1, 0.15) is 12.7 Å². The zero-order chi connectivity index (χ0) is 20.9. The fourth-order valence-corrected chi connectivity index (χ4v) is 5.19. The minimum atomic E-state index is -0.642. The van der Waals surface area contributed by atoms with Crippen molar-refractivity contribution in [1.29, 1.82) is 0 Å². The average molecular weight is 418 g/mol. The fraction of sp³-hybridized carbons (Fsp3) is 0.696. The van der Waals surface area contributed by atoms with Gasteiger partial charge in [-0.15, -0.1) is 0 Å². The second kappa shape index (κ2) is 9.98. The Hall–Kier alpha value is -1.83. The highest BCUT2D eigenvalue weighted by atomic mass is 16.6. The second-order valence-corrected chi connectivity index (χ2v) is 8.95. The first kappa shape index (κ1) is 21.4. The van der Waals surface area contributed by atoms with E-state index in [0.717, 1.165) is 44.5 Å². The highest BCUT2D eigenvalue weighted by Gasteiger charge is 2.35. The summed E-state index contributed by atoms with van der Waals surface area (Å²) in [5.41, 5.74) is 5.79. The molecule has 7 nitrogen and oxygen atoms in total. The summed E-state index contributed by atoms with van der Waals surface area (Å²) in [5, 5.41) is 14.1. The number of aliphatic hydroxyl groups is 1. The number of para-hydroxylation sites is 2. The van der Waals surface area contributed by atoms with Crippen molar-refractivity contribution in [3.05, 3.63) is 24.3 Å². The molecule has 1 saturated heterocycles. The number of nitrogens with one attached hydrogen (secondary N) is 1. The lowest BCUT2D eigenvalue weighted by atomic mass is 9.82.